The number of benzene rings is 2. The van der Waals surface area contributed by atoms with Crippen LogP contribution in [0.3, 0.4) is 0 Å². The van der Waals surface area contributed by atoms with Crippen LogP contribution in [0.15, 0.2) is 52.5 Å². The number of thioether (sulfide) groups is 1. The predicted octanol–water partition coefficient (Wildman–Crippen LogP) is 3.09. The molecule has 0 fully saturated rings. The third-order valence-corrected chi connectivity index (χ3v) is 5.95. The van der Waals surface area contributed by atoms with Crippen LogP contribution in [0, 0.1) is 6.92 Å². The molecule has 0 aliphatic rings. The van der Waals surface area contributed by atoms with Crippen molar-refractivity contribution >= 4 is 32.8 Å². The van der Waals surface area contributed by atoms with Gasteiger partial charge in [-0.1, -0.05) is 23.9 Å². The summed E-state index contributed by atoms with van der Waals surface area (Å²) in [5.74, 6) is 1.73. The van der Waals surface area contributed by atoms with Gasteiger partial charge in [0.1, 0.15) is 5.75 Å². The van der Waals surface area contributed by atoms with Crippen molar-refractivity contribution in [3.05, 3.63) is 48.0 Å². The first-order chi connectivity index (χ1) is 12.3. The van der Waals surface area contributed by atoms with Gasteiger partial charge in [0.15, 0.2) is 5.16 Å². The molecule has 0 spiro atoms. The SMILES string of the molecule is Cc1cccc(OCCCSc2nc3cc(S(N)(=O)=O)ccc3n2C)c1. The lowest BCUT2D eigenvalue weighted by Gasteiger charge is -2.06. The second-order valence-corrected chi connectivity index (χ2v) is 8.64. The van der Waals surface area contributed by atoms with E-state index in [2.05, 4.69) is 4.98 Å². The van der Waals surface area contributed by atoms with Crippen LogP contribution in [0.1, 0.15) is 12.0 Å². The highest BCUT2D eigenvalue weighted by atomic mass is 32.2. The molecule has 0 unspecified atom stereocenters. The first-order valence-corrected chi connectivity index (χ1v) is 10.7. The molecule has 8 heteroatoms. The maximum absolute atomic E-state index is 11.5. The molecule has 138 valence electrons. The largest absolute Gasteiger partial charge is 0.494 e. The minimum absolute atomic E-state index is 0.0752. The van der Waals surface area contributed by atoms with Gasteiger partial charge >= 0.3 is 0 Å². The molecule has 3 rings (SSSR count). The first kappa shape index (κ1) is 18.8. The number of aryl methyl sites for hydroxylation is 2. The van der Waals surface area contributed by atoms with Crippen LogP contribution in [-0.2, 0) is 17.1 Å². The van der Waals surface area contributed by atoms with Gasteiger partial charge in [0.2, 0.25) is 10.0 Å². The number of rotatable bonds is 7. The van der Waals surface area contributed by atoms with E-state index in [4.69, 9.17) is 9.88 Å². The molecule has 0 aliphatic heterocycles. The van der Waals surface area contributed by atoms with E-state index in [1.165, 1.54) is 17.7 Å². The summed E-state index contributed by atoms with van der Waals surface area (Å²) in [6.45, 7) is 2.67. The van der Waals surface area contributed by atoms with Gasteiger partial charge < -0.3 is 9.30 Å². The lowest BCUT2D eigenvalue weighted by molar-refractivity contribution is 0.318. The topological polar surface area (TPSA) is 87.2 Å². The van der Waals surface area contributed by atoms with E-state index in [9.17, 15) is 8.42 Å². The minimum Gasteiger partial charge on any atom is -0.494 e. The molecule has 2 aromatic carbocycles. The Bertz CT molecular complexity index is 1030. The lowest BCUT2D eigenvalue weighted by Crippen LogP contribution is -2.11. The summed E-state index contributed by atoms with van der Waals surface area (Å²) in [4.78, 5) is 4.59. The van der Waals surface area contributed by atoms with E-state index in [0.29, 0.717) is 12.1 Å². The van der Waals surface area contributed by atoms with Crippen molar-refractivity contribution in [1.29, 1.82) is 0 Å². The van der Waals surface area contributed by atoms with E-state index in [1.807, 2.05) is 42.8 Å². The van der Waals surface area contributed by atoms with Gasteiger partial charge in [-0.15, -0.1) is 0 Å². The zero-order valence-electron chi connectivity index (χ0n) is 14.7. The molecule has 0 saturated carbocycles. The van der Waals surface area contributed by atoms with Gasteiger partial charge in [-0.3, -0.25) is 0 Å². The third kappa shape index (κ3) is 4.38. The Morgan fingerprint density at radius 3 is 2.77 bits per heavy atom. The van der Waals surface area contributed by atoms with Crippen molar-refractivity contribution in [2.45, 2.75) is 23.4 Å². The molecule has 26 heavy (non-hydrogen) atoms. The highest BCUT2D eigenvalue weighted by Crippen LogP contribution is 2.25. The van der Waals surface area contributed by atoms with Crippen LogP contribution in [0.4, 0.5) is 0 Å². The van der Waals surface area contributed by atoms with Gasteiger partial charge in [0.25, 0.3) is 0 Å². The summed E-state index contributed by atoms with van der Waals surface area (Å²) in [7, 11) is -1.81. The van der Waals surface area contributed by atoms with E-state index < -0.39 is 10.0 Å². The van der Waals surface area contributed by atoms with Crippen molar-refractivity contribution in [2.75, 3.05) is 12.4 Å². The molecule has 3 aromatic rings. The Labute approximate surface area is 157 Å². The molecular formula is C18H21N3O3S2. The fourth-order valence-electron chi connectivity index (χ4n) is 2.58. The van der Waals surface area contributed by atoms with Crippen LogP contribution in [0.25, 0.3) is 11.0 Å². The van der Waals surface area contributed by atoms with E-state index >= 15 is 0 Å². The maximum Gasteiger partial charge on any atom is 0.238 e. The Balaban J connectivity index is 1.59. The Hall–Kier alpha value is -2.03. The van der Waals surface area contributed by atoms with Crippen molar-refractivity contribution in [3.8, 4) is 5.75 Å². The molecule has 0 amide bonds. The van der Waals surface area contributed by atoms with Gasteiger partial charge in [-0.05, 0) is 49.2 Å². The average molecular weight is 392 g/mol. The number of nitrogens with zero attached hydrogens (tertiary/aromatic N) is 2. The van der Waals surface area contributed by atoms with Crippen molar-refractivity contribution < 1.29 is 13.2 Å². The number of hydrogen-bond acceptors (Lipinski definition) is 5. The third-order valence-electron chi connectivity index (χ3n) is 3.92. The van der Waals surface area contributed by atoms with Crippen LogP contribution in [0.5, 0.6) is 5.75 Å². The smallest absolute Gasteiger partial charge is 0.238 e. The van der Waals surface area contributed by atoms with E-state index in [0.717, 1.165) is 28.6 Å². The fourth-order valence-corrected chi connectivity index (χ4v) is 4.01. The summed E-state index contributed by atoms with van der Waals surface area (Å²) in [6, 6.07) is 12.7. The quantitative estimate of drug-likeness (QED) is 0.494. The average Bonchev–Trinajstić information content (AvgIpc) is 2.89. The molecule has 0 atom stereocenters. The number of fused-ring (bicyclic) bond motifs is 1. The number of imidazole rings is 1. The monoisotopic (exact) mass is 391 g/mol. The number of nitrogens with two attached hydrogens (primary N) is 1. The number of primary sulfonamides is 1. The summed E-state index contributed by atoms with van der Waals surface area (Å²) in [6.07, 6.45) is 0.879. The van der Waals surface area contributed by atoms with Gasteiger partial charge in [-0.25, -0.2) is 18.5 Å². The molecule has 0 saturated heterocycles. The maximum atomic E-state index is 11.5. The highest BCUT2D eigenvalue weighted by Gasteiger charge is 2.13. The second-order valence-electron chi connectivity index (χ2n) is 6.02. The van der Waals surface area contributed by atoms with Crippen molar-refractivity contribution in [2.24, 2.45) is 12.2 Å². The zero-order valence-corrected chi connectivity index (χ0v) is 16.3. The molecule has 1 heterocycles. The number of hydrogen-bond donors (Lipinski definition) is 1. The Morgan fingerprint density at radius 1 is 1.23 bits per heavy atom. The molecule has 1 aromatic heterocycles. The second kappa shape index (κ2) is 7.69. The summed E-state index contributed by atoms with van der Waals surface area (Å²) in [5, 5.41) is 6.02. The fraction of sp³-hybridized carbons (Fsp3) is 0.278. The van der Waals surface area contributed by atoms with Crippen molar-refractivity contribution in [3.63, 3.8) is 0 Å². The van der Waals surface area contributed by atoms with Gasteiger partial charge in [-0.2, -0.15) is 0 Å². The van der Waals surface area contributed by atoms with Crippen LogP contribution in [-0.4, -0.2) is 30.3 Å². The molecule has 0 bridgehead atoms. The normalized spacial score (nSPS) is 11.8. The van der Waals surface area contributed by atoms with Gasteiger partial charge in [0, 0.05) is 12.8 Å². The van der Waals surface area contributed by atoms with Gasteiger partial charge in [0.05, 0.1) is 22.5 Å². The molecule has 0 radical (unpaired) electrons. The predicted molar refractivity (Wildman–Crippen MR) is 104 cm³/mol. The summed E-state index contributed by atoms with van der Waals surface area (Å²) in [5.41, 5.74) is 2.67. The summed E-state index contributed by atoms with van der Waals surface area (Å²) < 4.78 is 30.6. The summed E-state index contributed by atoms with van der Waals surface area (Å²) >= 11 is 1.62. The first-order valence-electron chi connectivity index (χ1n) is 8.16. The lowest BCUT2D eigenvalue weighted by atomic mass is 10.2. The van der Waals surface area contributed by atoms with E-state index in [1.54, 1.807) is 17.8 Å². The molecule has 0 aliphatic carbocycles. The Kier molecular flexibility index (Phi) is 5.55. The van der Waals surface area contributed by atoms with Crippen LogP contribution < -0.4 is 9.88 Å². The van der Waals surface area contributed by atoms with Crippen LogP contribution >= 0.6 is 11.8 Å². The number of sulfonamides is 1. The van der Waals surface area contributed by atoms with Crippen LogP contribution in [0.2, 0.25) is 0 Å². The standard InChI is InChI=1S/C18H21N3O3S2/c1-13-5-3-6-14(11-13)24-9-4-10-25-18-20-16-12-15(26(19,22)23)7-8-17(16)21(18)2/h3,5-8,11-12H,4,9-10H2,1-2H3,(H2,19,22,23). The molecule has 2 N–H and O–H groups in total. The van der Waals surface area contributed by atoms with E-state index in [-0.39, 0.29) is 4.90 Å². The number of ether oxygens (including phenoxy) is 1. The highest BCUT2D eigenvalue weighted by molar-refractivity contribution is 7.99. The minimum atomic E-state index is -3.72. The Morgan fingerprint density at radius 2 is 2.04 bits per heavy atom. The number of aromatic nitrogens is 2. The van der Waals surface area contributed by atoms with Crippen molar-refractivity contribution in [1.82, 2.24) is 9.55 Å². The molecular weight excluding hydrogens is 370 g/mol. The zero-order chi connectivity index (χ0) is 18.7. The molecule has 6 nitrogen and oxygen atoms in total.